The maximum Gasteiger partial charge on any atom is 0.460 e. The van der Waals surface area contributed by atoms with Crippen molar-refractivity contribution in [3.8, 4) is 0 Å². The number of hydrogen-bond donors (Lipinski definition) is 0. The average molecular weight is 1250 g/mol. The number of carbonyl (C=O) groups excluding carboxylic acids is 1. The highest BCUT2D eigenvalue weighted by atomic mass is 127. The first-order valence-corrected chi connectivity index (χ1v) is 19.1. The van der Waals surface area contributed by atoms with Crippen molar-refractivity contribution in [1.82, 2.24) is 0 Å². The van der Waals surface area contributed by atoms with E-state index in [0.717, 1.165) is 48.5 Å². The Morgan fingerprint density at radius 3 is 0.983 bits per heavy atom. The molecule has 3 aromatic carbocycles. The Balaban J connectivity index is 2.29. The molecule has 0 bridgehead atoms. The van der Waals surface area contributed by atoms with Crippen LogP contribution in [0.15, 0.2) is 87.5 Å². The van der Waals surface area contributed by atoms with Gasteiger partial charge in [-0.25, -0.2) is 4.79 Å². The van der Waals surface area contributed by atoms with Crippen molar-refractivity contribution in [3.05, 3.63) is 83.5 Å². The molecule has 3 aromatic rings. The van der Waals surface area contributed by atoms with Crippen LogP contribution in [0.25, 0.3) is 0 Å². The predicted octanol–water partition coefficient (Wildman–Crippen LogP) is 14.2. The second-order valence-electron chi connectivity index (χ2n) is 11.5. The molecule has 3 rings (SSSR count). The molecule has 332 valence electrons. The third-order valence-corrected chi connectivity index (χ3v) is 14.1. The van der Waals surface area contributed by atoms with E-state index in [1.165, 1.54) is 69.4 Å². The monoisotopic (exact) mass is 1250 g/mol. The molecular formula is C30H12F23I3O2S. The standard InChI is InChI=1S/C30H12F23I3O2S/c31-20(32,19(57)58-59(14-7-3-1-4-8-14,15-9-5-2-6-10-15)18-16(55)11-13(54)12-17(18)56)21(33,34)22(35,36)23(37,38)24(39,40)25(41,42)26(43,44)27(45,46)28(47,48)29(49,50)30(51,52)53/h1-12H. The van der Waals surface area contributed by atoms with E-state index in [4.69, 9.17) is 4.18 Å². The summed E-state index contributed by atoms with van der Waals surface area (Å²) in [7, 11) is -4.43. The number of halogens is 26. The Morgan fingerprint density at radius 1 is 0.424 bits per heavy atom. The quantitative estimate of drug-likeness (QED) is 0.119. The molecule has 0 spiro atoms. The lowest BCUT2D eigenvalue weighted by molar-refractivity contribution is -0.477. The Kier molecular flexibility index (Phi) is 13.7. The first kappa shape index (κ1) is 51.4. The minimum atomic E-state index is -9.56. The summed E-state index contributed by atoms with van der Waals surface area (Å²) in [4.78, 5) is 11.8. The summed E-state index contributed by atoms with van der Waals surface area (Å²) in [5.74, 6) is -94.6. The smallest absolute Gasteiger partial charge is 0.397 e. The summed E-state index contributed by atoms with van der Waals surface area (Å²) < 4.78 is 329. The molecule has 29 heteroatoms. The Morgan fingerprint density at radius 2 is 0.695 bits per heavy atom. The number of alkyl halides is 23. The number of rotatable bonds is 14. The van der Waals surface area contributed by atoms with Crippen LogP contribution in [-0.2, 0) is 8.98 Å². The summed E-state index contributed by atoms with van der Waals surface area (Å²) >= 11 is 4.68. The van der Waals surface area contributed by atoms with Crippen LogP contribution in [-0.4, -0.2) is 71.4 Å². The van der Waals surface area contributed by atoms with Crippen LogP contribution in [0.2, 0.25) is 0 Å². The van der Waals surface area contributed by atoms with Crippen molar-refractivity contribution in [1.29, 1.82) is 0 Å². The lowest BCUT2D eigenvalue weighted by atomic mass is 9.85. The van der Waals surface area contributed by atoms with Gasteiger partial charge in [-0.2, -0.15) is 101 Å². The topological polar surface area (TPSA) is 26.3 Å². The molecule has 0 aliphatic heterocycles. The van der Waals surface area contributed by atoms with Crippen LogP contribution in [0, 0.1) is 10.7 Å². The van der Waals surface area contributed by atoms with Gasteiger partial charge in [-0.3, -0.25) is 0 Å². The van der Waals surface area contributed by atoms with Crippen molar-refractivity contribution in [3.63, 3.8) is 0 Å². The second-order valence-corrected chi connectivity index (χ2v) is 17.7. The third-order valence-electron chi connectivity index (χ3n) is 7.76. The van der Waals surface area contributed by atoms with Gasteiger partial charge < -0.3 is 4.18 Å². The van der Waals surface area contributed by atoms with E-state index < -0.39 is 96.4 Å². The lowest BCUT2D eigenvalue weighted by Gasteiger charge is -2.45. The predicted molar refractivity (Wildman–Crippen MR) is 181 cm³/mol. The fourth-order valence-electron chi connectivity index (χ4n) is 4.59. The van der Waals surface area contributed by atoms with Gasteiger partial charge in [-0.05, 0) is 114 Å². The van der Waals surface area contributed by atoms with Crippen LogP contribution < -0.4 is 0 Å². The minimum absolute atomic E-state index is 0.0838. The van der Waals surface area contributed by atoms with Crippen molar-refractivity contribution in [2.45, 2.75) is 80.1 Å². The highest BCUT2D eigenvalue weighted by molar-refractivity contribution is 14.1. The molecule has 0 atom stereocenters. The molecule has 0 aliphatic carbocycles. The SMILES string of the molecule is O=C(OS(c1ccccc1)(c1ccccc1)c1c(I)cc(I)cc1I)C(F)(F)C(F)(F)C(F)(F)C(F)(F)C(F)(F)C(F)(F)C(F)(F)C(F)(F)C(F)(F)C(F)(F)C(F)(F)F. The lowest BCUT2D eigenvalue weighted by Crippen LogP contribution is -2.78. The maximum absolute atomic E-state index is 15.5. The molecule has 59 heavy (non-hydrogen) atoms. The van der Waals surface area contributed by atoms with E-state index >= 15 is 17.6 Å². The molecule has 0 saturated heterocycles. The normalized spacial score (nSPS) is 15.3. The van der Waals surface area contributed by atoms with Gasteiger partial charge in [0, 0.05) is 20.5 Å². The molecule has 0 fully saturated rings. The summed E-state index contributed by atoms with van der Waals surface area (Å²) in [6, 6.07) is 13.2. The van der Waals surface area contributed by atoms with Gasteiger partial charge in [0.15, 0.2) is 0 Å². The van der Waals surface area contributed by atoms with E-state index in [1.54, 1.807) is 22.6 Å². The van der Waals surface area contributed by atoms with Crippen molar-refractivity contribution < 1.29 is 110 Å². The van der Waals surface area contributed by atoms with E-state index in [-0.39, 0.29) is 7.14 Å². The molecule has 0 aromatic heterocycles. The molecule has 0 heterocycles. The van der Waals surface area contributed by atoms with Crippen LogP contribution in [0.4, 0.5) is 101 Å². The molecular weight excluding hydrogens is 1240 g/mol. The number of hydrogen-bond acceptors (Lipinski definition) is 2. The largest absolute Gasteiger partial charge is 0.460 e. The molecule has 0 radical (unpaired) electrons. The van der Waals surface area contributed by atoms with Crippen molar-refractivity contribution in [2.75, 3.05) is 0 Å². The van der Waals surface area contributed by atoms with E-state index in [2.05, 4.69) is 0 Å². The van der Waals surface area contributed by atoms with Gasteiger partial charge in [0.05, 0.1) is 4.90 Å². The first-order valence-electron chi connectivity index (χ1n) is 14.3. The molecule has 0 amide bonds. The summed E-state index contributed by atoms with van der Waals surface area (Å²) in [5.41, 5.74) is 0. The fourth-order valence-corrected chi connectivity index (χ4v) is 13.1. The third kappa shape index (κ3) is 7.37. The zero-order valence-electron chi connectivity index (χ0n) is 27.0. The van der Waals surface area contributed by atoms with Gasteiger partial charge in [0.1, 0.15) is 0 Å². The fraction of sp³-hybridized carbons (Fsp3) is 0.367. The van der Waals surface area contributed by atoms with Crippen LogP contribution in [0.3, 0.4) is 0 Å². The molecule has 2 nitrogen and oxygen atoms in total. The van der Waals surface area contributed by atoms with Gasteiger partial charge in [0.2, 0.25) is 0 Å². The Bertz CT molecular complexity index is 1960. The number of carbonyl (C=O) groups is 1. The van der Waals surface area contributed by atoms with E-state index in [1.807, 2.05) is 0 Å². The molecule has 0 N–H and O–H groups in total. The van der Waals surface area contributed by atoms with Gasteiger partial charge >= 0.3 is 71.4 Å². The summed E-state index contributed by atoms with van der Waals surface area (Å²) in [5, 5.41) is 0. The molecule has 0 saturated carbocycles. The zero-order valence-corrected chi connectivity index (χ0v) is 34.3. The summed E-state index contributed by atoms with van der Waals surface area (Å²) in [6.07, 6.45) is -8.16. The van der Waals surface area contributed by atoms with E-state index in [0.29, 0.717) is 3.57 Å². The summed E-state index contributed by atoms with van der Waals surface area (Å²) in [6.45, 7) is 0. The van der Waals surface area contributed by atoms with E-state index in [9.17, 15) is 88.2 Å². The van der Waals surface area contributed by atoms with Crippen LogP contribution in [0.1, 0.15) is 0 Å². The second kappa shape index (κ2) is 15.7. The molecule has 0 aliphatic rings. The van der Waals surface area contributed by atoms with Crippen LogP contribution >= 0.6 is 78.1 Å². The highest BCUT2D eigenvalue weighted by Crippen LogP contribution is 2.73. The minimum Gasteiger partial charge on any atom is -0.397 e. The van der Waals surface area contributed by atoms with Gasteiger partial charge in [-0.15, -0.1) is 0 Å². The average Bonchev–Trinajstić information content (AvgIpc) is 3.10. The number of benzene rings is 3. The Hall–Kier alpha value is -1.94. The van der Waals surface area contributed by atoms with Crippen molar-refractivity contribution >= 4 is 84.1 Å². The van der Waals surface area contributed by atoms with Crippen LogP contribution in [0.5, 0.6) is 0 Å². The Labute approximate surface area is 355 Å². The zero-order chi connectivity index (χ0) is 46.2. The first-order chi connectivity index (χ1) is 26.2. The molecule has 0 unspecified atom stereocenters. The van der Waals surface area contributed by atoms with Gasteiger partial charge in [0.25, 0.3) is 0 Å². The van der Waals surface area contributed by atoms with Crippen molar-refractivity contribution in [2.24, 2.45) is 0 Å². The highest BCUT2D eigenvalue weighted by Gasteiger charge is 2.99. The maximum atomic E-state index is 15.5. The van der Waals surface area contributed by atoms with Gasteiger partial charge in [-0.1, -0.05) is 36.4 Å².